The second-order valence-electron chi connectivity index (χ2n) is 5.68. The van der Waals surface area contributed by atoms with Crippen LogP contribution in [0, 0.1) is 12.7 Å². The van der Waals surface area contributed by atoms with Crippen LogP contribution in [0.3, 0.4) is 0 Å². The number of hydrogen-bond donors (Lipinski definition) is 0. The van der Waals surface area contributed by atoms with E-state index in [9.17, 15) is 12.8 Å². The number of sulfonamides is 1. The first-order valence-electron chi connectivity index (χ1n) is 7.52. The van der Waals surface area contributed by atoms with E-state index in [-0.39, 0.29) is 10.8 Å². The van der Waals surface area contributed by atoms with Crippen molar-refractivity contribution in [2.24, 2.45) is 0 Å². The predicted molar refractivity (Wildman–Crippen MR) is 83.9 cm³/mol. The van der Waals surface area contributed by atoms with Crippen LogP contribution in [0.4, 0.5) is 4.39 Å². The summed E-state index contributed by atoms with van der Waals surface area (Å²) < 4.78 is 39.9. The molecule has 0 radical (unpaired) electrons. The van der Waals surface area contributed by atoms with Crippen molar-refractivity contribution in [2.75, 3.05) is 13.1 Å². The number of hydrogen-bond acceptors (Lipinski definition) is 4. The normalized spacial score (nSPS) is 19.7. The van der Waals surface area contributed by atoms with E-state index in [0.717, 1.165) is 18.5 Å². The minimum absolute atomic E-state index is 0.0562. The molecular weight excluding hydrogens is 317 g/mol. The largest absolute Gasteiger partial charge is 0.243 e. The summed E-state index contributed by atoms with van der Waals surface area (Å²) in [6.45, 7) is 2.68. The lowest BCUT2D eigenvalue weighted by Gasteiger charge is -2.31. The van der Waals surface area contributed by atoms with Gasteiger partial charge in [-0.3, -0.25) is 0 Å². The van der Waals surface area contributed by atoms with Crippen LogP contribution in [0.2, 0.25) is 0 Å². The maximum absolute atomic E-state index is 13.0. The molecule has 0 amide bonds. The van der Waals surface area contributed by atoms with E-state index in [1.54, 1.807) is 6.20 Å². The number of rotatable bonds is 3. The number of halogens is 1. The van der Waals surface area contributed by atoms with Gasteiger partial charge in [-0.15, -0.1) is 0 Å². The Kier molecular flexibility index (Phi) is 4.41. The second-order valence-corrected chi connectivity index (χ2v) is 7.62. The fourth-order valence-electron chi connectivity index (χ4n) is 2.86. The van der Waals surface area contributed by atoms with Crippen LogP contribution >= 0.6 is 0 Å². The lowest BCUT2D eigenvalue weighted by molar-refractivity contribution is 0.312. The fourth-order valence-corrected chi connectivity index (χ4v) is 4.38. The lowest BCUT2D eigenvalue weighted by Crippen LogP contribution is -2.39. The Balaban J connectivity index is 1.84. The predicted octanol–water partition coefficient (Wildman–Crippen LogP) is 2.49. The molecule has 23 heavy (non-hydrogen) atoms. The Morgan fingerprint density at radius 2 is 1.96 bits per heavy atom. The summed E-state index contributed by atoms with van der Waals surface area (Å²) in [5.74, 6) is 0.290. The van der Waals surface area contributed by atoms with Gasteiger partial charge in [0, 0.05) is 30.9 Å². The van der Waals surface area contributed by atoms with Crippen LogP contribution < -0.4 is 0 Å². The molecule has 1 fully saturated rings. The molecule has 1 aliphatic rings. The number of aryl methyl sites for hydroxylation is 1. The number of benzene rings is 1. The van der Waals surface area contributed by atoms with Crippen molar-refractivity contribution in [2.45, 2.75) is 30.6 Å². The van der Waals surface area contributed by atoms with Crippen molar-refractivity contribution in [1.29, 1.82) is 0 Å². The van der Waals surface area contributed by atoms with Gasteiger partial charge in [0.2, 0.25) is 10.0 Å². The first kappa shape index (κ1) is 16.0. The Labute approximate surface area is 135 Å². The van der Waals surface area contributed by atoms with Crippen LogP contribution in [0.15, 0.2) is 41.4 Å². The third-order valence-corrected chi connectivity index (χ3v) is 5.93. The molecular formula is C16H18FN3O2S. The van der Waals surface area contributed by atoms with Crippen LogP contribution in [0.5, 0.6) is 0 Å². The third kappa shape index (κ3) is 3.40. The zero-order valence-electron chi connectivity index (χ0n) is 12.8. The van der Waals surface area contributed by atoms with E-state index >= 15 is 0 Å². The molecule has 7 heteroatoms. The highest BCUT2D eigenvalue weighted by Crippen LogP contribution is 2.29. The molecule has 2 heterocycles. The van der Waals surface area contributed by atoms with Crippen molar-refractivity contribution >= 4 is 10.0 Å². The zero-order chi connectivity index (χ0) is 16.4. The van der Waals surface area contributed by atoms with E-state index in [1.165, 1.54) is 28.6 Å². The average Bonchev–Trinajstić information content (AvgIpc) is 2.55. The first-order chi connectivity index (χ1) is 11.0. The summed E-state index contributed by atoms with van der Waals surface area (Å²) in [5.41, 5.74) is 0.872. The summed E-state index contributed by atoms with van der Waals surface area (Å²) >= 11 is 0. The van der Waals surface area contributed by atoms with Gasteiger partial charge in [-0.05, 0) is 50.1 Å². The minimum Gasteiger partial charge on any atom is -0.242 e. The maximum Gasteiger partial charge on any atom is 0.243 e. The summed E-state index contributed by atoms with van der Waals surface area (Å²) in [6.07, 6.45) is 3.37. The van der Waals surface area contributed by atoms with Crippen LogP contribution in [0.1, 0.15) is 30.3 Å². The third-order valence-electron chi connectivity index (χ3n) is 4.05. The molecule has 0 bridgehead atoms. The average molecular weight is 335 g/mol. The van der Waals surface area contributed by atoms with E-state index < -0.39 is 15.8 Å². The molecule has 122 valence electrons. The molecule has 1 saturated heterocycles. The molecule has 1 aromatic heterocycles. The monoisotopic (exact) mass is 335 g/mol. The molecule has 0 aliphatic carbocycles. The van der Waals surface area contributed by atoms with Gasteiger partial charge in [0.05, 0.1) is 4.90 Å². The highest BCUT2D eigenvalue weighted by molar-refractivity contribution is 7.89. The highest BCUT2D eigenvalue weighted by atomic mass is 32.2. The minimum atomic E-state index is -3.61. The Bertz CT molecular complexity index is 793. The first-order valence-corrected chi connectivity index (χ1v) is 8.96. The van der Waals surface area contributed by atoms with Gasteiger partial charge in [0.1, 0.15) is 11.6 Å². The summed E-state index contributed by atoms with van der Waals surface area (Å²) in [5, 5.41) is 0. The Hall–Kier alpha value is -1.86. The van der Waals surface area contributed by atoms with Crippen LogP contribution in [0.25, 0.3) is 0 Å². The van der Waals surface area contributed by atoms with Gasteiger partial charge in [-0.25, -0.2) is 22.8 Å². The van der Waals surface area contributed by atoms with Crippen molar-refractivity contribution in [3.05, 3.63) is 53.9 Å². The summed E-state index contributed by atoms with van der Waals surface area (Å²) in [7, 11) is -3.61. The van der Waals surface area contributed by atoms with Crippen LogP contribution in [-0.2, 0) is 10.0 Å². The van der Waals surface area contributed by atoms with Gasteiger partial charge in [-0.1, -0.05) is 0 Å². The second kappa shape index (κ2) is 6.33. The van der Waals surface area contributed by atoms with Crippen molar-refractivity contribution in [3.8, 4) is 0 Å². The molecule has 0 unspecified atom stereocenters. The van der Waals surface area contributed by atoms with Crippen molar-refractivity contribution in [3.63, 3.8) is 0 Å². The number of aromatic nitrogens is 2. The van der Waals surface area contributed by atoms with E-state index in [0.29, 0.717) is 18.9 Å². The van der Waals surface area contributed by atoms with Gasteiger partial charge < -0.3 is 0 Å². The fraction of sp³-hybridized carbons (Fsp3) is 0.375. The molecule has 0 spiro atoms. The van der Waals surface area contributed by atoms with Crippen molar-refractivity contribution < 1.29 is 12.8 Å². The molecule has 0 N–H and O–H groups in total. The molecule has 1 atom stereocenters. The lowest BCUT2D eigenvalue weighted by atomic mass is 9.96. The van der Waals surface area contributed by atoms with E-state index in [4.69, 9.17) is 0 Å². The Morgan fingerprint density at radius 1 is 1.22 bits per heavy atom. The van der Waals surface area contributed by atoms with E-state index in [2.05, 4.69) is 9.97 Å². The van der Waals surface area contributed by atoms with E-state index in [1.807, 2.05) is 13.0 Å². The molecule has 1 aromatic carbocycles. The van der Waals surface area contributed by atoms with Gasteiger partial charge in [0.25, 0.3) is 0 Å². The molecule has 3 rings (SSSR count). The zero-order valence-corrected chi connectivity index (χ0v) is 13.6. The van der Waals surface area contributed by atoms with Crippen molar-refractivity contribution in [1.82, 2.24) is 14.3 Å². The highest BCUT2D eigenvalue weighted by Gasteiger charge is 2.31. The summed E-state index contributed by atoms with van der Waals surface area (Å²) in [6, 6.07) is 6.79. The number of nitrogens with zero attached hydrogens (tertiary/aromatic N) is 3. The molecule has 5 nitrogen and oxygen atoms in total. The van der Waals surface area contributed by atoms with Crippen LogP contribution in [-0.4, -0.2) is 35.8 Å². The SMILES string of the molecule is Cc1nccc([C@H]2CCCN(S(=O)(=O)c3ccc(F)cc3)C2)n1. The molecule has 1 aliphatic heterocycles. The van der Waals surface area contributed by atoms with Gasteiger partial charge >= 0.3 is 0 Å². The smallest absolute Gasteiger partial charge is 0.242 e. The maximum atomic E-state index is 13.0. The Morgan fingerprint density at radius 3 is 2.65 bits per heavy atom. The number of piperidine rings is 1. The molecule has 0 saturated carbocycles. The quantitative estimate of drug-likeness (QED) is 0.864. The topological polar surface area (TPSA) is 63.2 Å². The van der Waals surface area contributed by atoms with Gasteiger partial charge in [-0.2, -0.15) is 4.31 Å². The van der Waals surface area contributed by atoms with Gasteiger partial charge in [0.15, 0.2) is 0 Å². The molecule has 2 aromatic rings. The standard InChI is InChI=1S/C16H18FN3O2S/c1-12-18-9-8-16(19-12)13-3-2-10-20(11-13)23(21,22)15-6-4-14(17)5-7-15/h4-9,13H,2-3,10-11H2,1H3/t13-/m0/s1. The summed E-state index contributed by atoms with van der Waals surface area (Å²) in [4.78, 5) is 8.62.